The van der Waals surface area contributed by atoms with Gasteiger partial charge in [-0.15, -0.1) is 0 Å². The van der Waals surface area contributed by atoms with E-state index in [2.05, 4.69) is 15.7 Å². The second-order valence-corrected chi connectivity index (χ2v) is 9.66. The Labute approximate surface area is 208 Å². The van der Waals surface area contributed by atoms with Gasteiger partial charge in [0.2, 0.25) is 5.91 Å². The van der Waals surface area contributed by atoms with Crippen LogP contribution in [0.5, 0.6) is 0 Å². The van der Waals surface area contributed by atoms with E-state index in [0.29, 0.717) is 5.82 Å². The van der Waals surface area contributed by atoms with E-state index in [0.717, 1.165) is 22.3 Å². The van der Waals surface area contributed by atoms with Crippen molar-refractivity contribution in [3.8, 4) is 5.69 Å². The molecule has 0 saturated carbocycles. The lowest BCUT2D eigenvalue weighted by molar-refractivity contribution is -0.137. The van der Waals surface area contributed by atoms with Crippen LogP contribution in [0.1, 0.15) is 45.9 Å². The first-order chi connectivity index (χ1) is 16.8. The van der Waals surface area contributed by atoms with Gasteiger partial charge in [-0.2, -0.15) is 18.3 Å². The topological polar surface area (TPSA) is 79.3 Å². The highest BCUT2D eigenvalue weighted by molar-refractivity contribution is 5.97. The molecule has 1 aromatic heterocycles. The molecule has 10 heteroatoms. The molecule has 0 aliphatic heterocycles. The van der Waals surface area contributed by atoms with Gasteiger partial charge in [0.15, 0.2) is 0 Å². The number of rotatable bonds is 6. The molecule has 3 aromatic rings. The Morgan fingerprint density at radius 3 is 2.17 bits per heavy atom. The highest BCUT2D eigenvalue weighted by Crippen LogP contribution is 2.34. The minimum absolute atomic E-state index is 0.283. The third-order valence-corrected chi connectivity index (χ3v) is 5.42. The summed E-state index contributed by atoms with van der Waals surface area (Å²) in [6.45, 7) is 8.98. The molecule has 0 bridgehead atoms. The average Bonchev–Trinajstić information content (AvgIpc) is 3.21. The van der Waals surface area contributed by atoms with Crippen molar-refractivity contribution in [2.45, 2.75) is 52.3 Å². The number of nitrogens with one attached hydrogen (secondary N) is 2. The summed E-state index contributed by atoms with van der Waals surface area (Å²) in [7, 11) is 0. The third kappa shape index (κ3) is 6.44. The van der Waals surface area contributed by atoms with Crippen LogP contribution in [0.3, 0.4) is 0 Å². The molecule has 0 unspecified atom stereocenters. The Morgan fingerprint density at radius 2 is 1.58 bits per heavy atom. The lowest BCUT2D eigenvalue weighted by atomic mass is 9.92. The highest BCUT2D eigenvalue weighted by atomic mass is 19.4. The fourth-order valence-corrected chi connectivity index (χ4v) is 3.45. The van der Waals surface area contributed by atoms with Crippen molar-refractivity contribution in [1.82, 2.24) is 14.7 Å². The van der Waals surface area contributed by atoms with Crippen LogP contribution in [0.15, 0.2) is 60.7 Å². The van der Waals surface area contributed by atoms with E-state index in [9.17, 15) is 22.8 Å². The molecule has 2 N–H and O–H groups in total. The van der Waals surface area contributed by atoms with E-state index in [4.69, 9.17) is 0 Å². The molecule has 36 heavy (non-hydrogen) atoms. The summed E-state index contributed by atoms with van der Waals surface area (Å²) in [5, 5.41) is 9.74. The number of halogens is 3. The van der Waals surface area contributed by atoms with Crippen molar-refractivity contribution in [3.63, 3.8) is 0 Å². The number of aromatic nitrogens is 2. The van der Waals surface area contributed by atoms with Crippen LogP contribution in [0, 0.1) is 0 Å². The summed E-state index contributed by atoms with van der Waals surface area (Å²) in [6.07, 6.45) is -4.63. The van der Waals surface area contributed by atoms with Gasteiger partial charge in [0.1, 0.15) is 12.4 Å². The minimum atomic E-state index is -4.63. The second-order valence-electron chi connectivity index (χ2n) is 9.66. The summed E-state index contributed by atoms with van der Waals surface area (Å²) in [6, 6.07) is 14.5. The average molecular weight is 502 g/mol. The van der Waals surface area contributed by atoms with Crippen LogP contribution in [-0.4, -0.2) is 39.2 Å². The Bertz CT molecular complexity index is 1210. The number of alkyl halides is 3. The van der Waals surface area contributed by atoms with Gasteiger partial charge in [-0.05, 0) is 38.1 Å². The number of nitrogens with zero attached hydrogens (tertiary/aromatic N) is 3. The van der Waals surface area contributed by atoms with Crippen LogP contribution in [0.4, 0.5) is 29.5 Å². The molecule has 0 fully saturated rings. The molecular formula is C26H30F3N5O2. The fraction of sp³-hybridized carbons (Fsp3) is 0.346. The Kier molecular flexibility index (Phi) is 7.76. The van der Waals surface area contributed by atoms with E-state index in [-0.39, 0.29) is 17.6 Å². The Hall–Kier alpha value is -3.82. The largest absolute Gasteiger partial charge is 0.418 e. The van der Waals surface area contributed by atoms with E-state index in [1.807, 2.05) is 51.1 Å². The molecule has 0 aliphatic carbocycles. The van der Waals surface area contributed by atoms with Crippen LogP contribution in [0.25, 0.3) is 5.69 Å². The van der Waals surface area contributed by atoms with Crippen LogP contribution in [0.2, 0.25) is 0 Å². The van der Waals surface area contributed by atoms with Crippen molar-refractivity contribution < 1.29 is 22.8 Å². The molecule has 0 atom stereocenters. The SMILES string of the molecule is CC(C)N(CC(=O)Nc1cc(C(C)(C)C)nn1-c1ccccc1)C(=O)Nc1ccccc1C(F)(F)F. The number of amides is 3. The number of carbonyl (C=O) groups excluding carboxylic acids is 2. The Morgan fingerprint density at radius 1 is 0.972 bits per heavy atom. The van der Waals surface area contributed by atoms with Gasteiger partial charge in [-0.1, -0.05) is 51.1 Å². The van der Waals surface area contributed by atoms with Crippen molar-refractivity contribution in [3.05, 3.63) is 71.9 Å². The molecular weight excluding hydrogens is 471 g/mol. The van der Waals surface area contributed by atoms with Crippen molar-refractivity contribution in [2.75, 3.05) is 17.2 Å². The van der Waals surface area contributed by atoms with Gasteiger partial charge >= 0.3 is 12.2 Å². The molecule has 0 radical (unpaired) electrons. The normalized spacial score (nSPS) is 11.9. The van der Waals surface area contributed by atoms with E-state index < -0.39 is 29.7 Å². The van der Waals surface area contributed by atoms with Crippen molar-refractivity contribution in [2.24, 2.45) is 0 Å². The third-order valence-electron chi connectivity index (χ3n) is 5.42. The van der Waals surface area contributed by atoms with Crippen LogP contribution in [-0.2, 0) is 16.4 Å². The minimum Gasteiger partial charge on any atom is -0.313 e. The van der Waals surface area contributed by atoms with E-state index in [1.165, 1.54) is 18.2 Å². The van der Waals surface area contributed by atoms with Gasteiger partial charge in [-0.25, -0.2) is 9.48 Å². The lowest BCUT2D eigenvalue weighted by Crippen LogP contribution is -2.45. The zero-order valence-electron chi connectivity index (χ0n) is 20.8. The molecule has 7 nitrogen and oxygen atoms in total. The summed E-state index contributed by atoms with van der Waals surface area (Å²) in [5.74, 6) is -0.0943. The molecule has 0 saturated heterocycles. The summed E-state index contributed by atoms with van der Waals surface area (Å²) in [5.41, 5.74) is -0.129. The molecule has 3 amide bonds. The summed E-state index contributed by atoms with van der Waals surface area (Å²) >= 11 is 0. The summed E-state index contributed by atoms with van der Waals surface area (Å²) in [4.78, 5) is 27.1. The first-order valence-electron chi connectivity index (χ1n) is 11.5. The molecule has 2 aromatic carbocycles. The number of carbonyl (C=O) groups is 2. The fourth-order valence-electron chi connectivity index (χ4n) is 3.45. The maximum atomic E-state index is 13.3. The van der Waals surface area contributed by atoms with Gasteiger partial charge in [0, 0.05) is 17.5 Å². The summed E-state index contributed by atoms with van der Waals surface area (Å²) < 4.78 is 41.6. The number of hydrogen-bond donors (Lipinski definition) is 2. The Balaban J connectivity index is 1.82. The maximum absolute atomic E-state index is 13.3. The smallest absolute Gasteiger partial charge is 0.313 e. The van der Waals surface area contributed by atoms with Gasteiger partial charge in [0.05, 0.1) is 22.6 Å². The van der Waals surface area contributed by atoms with Crippen molar-refractivity contribution >= 4 is 23.4 Å². The lowest BCUT2D eigenvalue weighted by Gasteiger charge is -2.27. The number of urea groups is 1. The molecule has 0 aliphatic rings. The van der Waals surface area contributed by atoms with Gasteiger partial charge in [-0.3, -0.25) is 4.79 Å². The monoisotopic (exact) mass is 501 g/mol. The molecule has 0 spiro atoms. The van der Waals surface area contributed by atoms with Crippen molar-refractivity contribution in [1.29, 1.82) is 0 Å². The van der Waals surface area contributed by atoms with Crippen LogP contribution >= 0.6 is 0 Å². The first-order valence-corrected chi connectivity index (χ1v) is 11.5. The van der Waals surface area contributed by atoms with E-state index in [1.54, 1.807) is 24.6 Å². The standard InChI is InChI=1S/C26H30F3N5O2/c1-17(2)33(24(36)30-20-14-10-9-13-19(20)26(27,28)29)16-23(35)31-22-15-21(25(3,4)5)32-34(22)18-11-7-6-8-12-18/h6-15,17H,16H2,1-5H3,(H,30,36)(H,31,35). The molecule has 3 rings (SSSR count). The maximum Gasteiger partial charge on any atom is 0.418 e. The zero-order chi connectivity index (χ0) is 26.7. The van der Waals surface area contributed by atoms with Gasteiger partial charge in [0.25, 0.3) is 0 Å². The predicted octanol–water partition coefficient (Wildman–Crippen LogP) is 6.07. The molecule has 1 heterocycles. The highest BCUT2D eigenvalue weighted by Gasteiger charge is 2.34. The number of hydrogen-bond acceptors (Lipinski definition) is 3. The van der Waals surface area contributed by atoms with E-state index >= 15 is 0 Å². The zero-order valence-corrected chi connectivity index (χ0v) is 20.8. The second kappa shape index (κ2) is 10.4. The quantitative estimate of drug-likeness (QED) is 0.430. The van der Waals surface area contributed by atoms with Crippen LogP contribution < -0.4 is 10.6 Å². The van der Waals surface area contributed by atoms with Gasteiger partial charge < -0.3 is 15.5 Å². The number of para-hydroxylation sites is 2. The number of benzene rings is 2. The number of anilines is 2. The molecule has 192 valence electrons. The first kappa shape index (κ1) is 26.8. The predicted molar refractivity (Wildman–Crippen MR) is 133 cm³/mol.